The first-order valence-electron chi connectivity index (χ1n) is 7.70. The van der Waals surface area contributed by atoms with Gasteiger partial charge in [0.25, 0.3) is 0 Å². The molecule has 0 saturated carbocycles. The standard InChI is InChI=1S/C17H22BrNO3/c1-2-3-6-13(18)9-12(10-16(20)21)17(22)11-19-15-8-5-4-7-14(15)17/h4-5,7-8,11-13,22H,2-3,6,9-10H2,1H3,(H,20,21). The second-order valence-electron chi connectivity index (χ2n) is 5.87. The Morgan fingerprint density at radius 2 is 2.14 bits per heavy atom. The third kappa shape index (κ3) is 3.76. The first kappa shape index (κ1) is 17.2. The van der Waals surface area contributed by atoms with Crippen LogP contribution in [-0.4, -0.2) is 27.2 Å². The van der Waals surface area contributed by atoms with Gasteiger partial charge in [-0.05, 0) is 18.9 Å². The first-order valence-corrected chi connectivity index (χ1v) is 8.62. The van der Waals surface area contributed by atoms with Crippen LogP contribution in [0.3, 0.4) is 0 Å². The Bertz CT molecular complexity index is 561. The van der Waals surface area contributed by atoms with Crippen LogP contribution in [0.5, 0.6) is 0 Å². The molecule has 3 atom stereocenters. The number of rotatable bonds is 8. The fraction of sp³-hybridized carbons (Fsp3) is 0.529. The van der Waals surface area contributed by atoms with E-state index in [9.17, 15) is 15.0 Å². The van der Waals surface area contributed by atoms with E-state index in [0.717, 1.165) is 24.9 Å². The molecule has 22 heavy (non-hydrogen) atoms. The zero-order chi connectivity index (χ0) is 16.2. The summed E-state index contributed by atoms with van der Waals surface area (Å²) >= 11 is 3.63. The first-order chi connectivity index (χ1) is 10.5. The molecule has 2 N–H and O–H groups in total. The van der Waals surface area contributed by atoms with Crippen molar-refractivity contribution in [2.45, 2.75) is 49.5 Å². The van der Waals surface area contributed by atoms with Crippen LogP contribution in [0.25, 0.3) is 0 Å². The van der Waals surface area contributed by atoms with Crippen molar-refractivity contribution < 1.29 is 15.0 Å². The molecule has 5 heteroatoms. The number of aliphatic carboxylic acids is 1. The van der Waals surface area contributed by atoms with Crippen molar-refractivity contribution in [2.24, 2.45) is 10.9 Å². The minimum Gasteiger partial charge on any atom is -0.481 e. The molecule has 0 saturated heterocycles. The molecule has 1 heterocycles. The fourth-order valence-electron chi connectivity index (χ4n) is 2.97. The minimum atomic E-state index is -1.30. The predicted molar refractivity (Wildman–Crippen MR) is 91.1 cm³/mol. The van der Waals surface area contributed by atoms with Crippen molar-refractivity contribution in [1.29, 1.82) is 0 Å². The number of hydrogen-bond donors (Lipinski definition) is 2. The van der Waals surface area contributed by atoms with Gasteiger partial charge in [-0.15, -0.1) is 0 Å². The van der Waals surface area contributed by atoms with Gasteiger partial charge in [-0.3, -0.25) is 9.79 Å². The van der Waals surface area contributed by atoms with Gasteiger partial charge in [0.2, 0.25) is 0 Å². The Hall–Kier alpha value is -1.20. The second-order valence-corrected chi connectivity index (χ2v) is 7.17. The summed E-state index contributed by atoms with van der Waals surface area (Å²) in [5, 5.41) is 20.3. The van der Waals surface area contributed by atoms with Gasteiger partial charge in [0.1, 0.15) is 5.60 Å². The average Bonchev–Trinajstić information content (AvgIpc) is 2.83. The summed E-state index contributed by atoms with van der Waals surface area (Å²) in [4.78, 5) is 15.7. The summed E-state index contributed by atoms with van der Waals surface area (Å²) in [5.74, 6) is -1.30. The van der Waals surface area contributed by atoms with Crippen LogP contribution in [0.4, 0.5) is 5.69 Å². The Morgan fingerprint density at radius 3 is 2.82 bits per heavy atom. The largest absolute Gasteiger partial charge is 0.481 e. The number of aliphatic hydroxyl groups is 1. The van der Waals surface area contributed by atoms with E-state index in [4.69, 9.17) is 0 Å². The smallest absolute Gasteiger partial charge is 0.303 e. The van der Waals surface area contributed by atoms with Crippen molar-refractivity contribution >= 4 is 33.8 Å². The summed E-state index contributed by atoms with van der Waals surface area (Å²) in [6.45, 7) is 2.13. The lowest BCUT2D eigenvalue weighted by molar-refractivity contribution is -0.140. The third-order valence-electron chi connectivity index (χ3n) is 4.19. The van der Waals surface area contributed by atoms with Crippen LogP contribution in [0.2, 0.25) is 0 Å². The van der Waals surface area contributed by atoms with Crippen molar-refractivity contribution in [2.75, 3.05) is 0 Å². The van der Waals surface area contributed by atoms with E-state index in [1.165, 1.54) is 6.21 Å². The monoisotopic (exact) mass is 367 g/mol. The number of halogens is 1. The molecule has 1 aliphatic rings. The quantitative estimate of drug-likeness (QED) is 0.681. The summed E-state index contributed by atoms with van der Waals surface area (Å²) < 4.78 is 0. The van der Waals surface area contributed by atoms with Gasteiger partial charge in [-0.2, -0.15) is 0 Å². The number of nitrogens with zero attached hydrogens (tertiary/aromatic N) is 1. The number of hydrogen-bond acceptors (Lipinski definition) is 3. The molecule has 3 unspecified atom stereocenters. The Morgan fingerprint density at radius 1 is 1.41 bits per heavy atom. The van der Waals surface area contributed by atoms with Crippen molar-refractivity contribution in [3.8, 4) is 0 Å². The van der Waals surface area contributed by atoms with E-state index >= 15 is 0 Å². The highest BCUT2D eigenvalue weighted by Crippen LogP contribution is 2.43. The molecule has 1 aliphatic heterocycles. The van der Waals surface area contributed by atoms with E-state index in [2.05, 4.69) is 27.8 Å². The van der Waals surface area contributed by atoms with Gasteiger partial charge in [-0.1, -0.05) is 53.9 Å². The van der Waals surface area contributed by atoms with Crippen LogP contribution in [0, 0.1) is 5.92 Å². The molecule has 0 radical (unpaired) electrons. The molecule has 1 aromatic carbocycles. The average molecular weight is 368 g/mol. The minimum absolute atomic E-state index is 0.0783. The summed E-state index contributed by atoms with van der Waals surface area (Å²) in [6, 6.07) is 7.37. The second kappa shape index (κ2) is 7.38. The van der Waals surface area contributed by atoms with E-state index < -0.39 is 17.5 Å². The zero-order valence-electron chi connectivity index (χ0n) is 12.7. The number of alkyl halides is 1. The van der Waals surface area contributed by atoms with Crippen molar-refractivity contribution in [3.05, 3.63) is 29.8 Å². The molecule has 0 fully saturated rings. The Kier molecular flexibility index (Phi) is 5.75. The van der Waals surface area contributed by atoms with Crippen LogP contribution in [0.15, 0.2) is 29.3 Å². The Labute approximate surface area is 139 Å². The number of benzene rings is 1. The zero-order valence-corrected chi connectivity index (χ0v) is 14.3. The summed E-state index contributed by atoms with van der Waals surface area (Å²) in [7, 11) is 0. The van der Waals surface area contributed by atoms with E-state index in [-0.39, 0.29) is 11.2 Å². The van der Waals surface area contributed by atoms with Crippen molar-refractivity contribution in [3.63, 3.8) is 0 Å². The van der Waals surface area contributed by atoms with Gasteiger partial charge in [0.15, 0.2) is 0 Å². The topological polar surface area (TPSA) is 69.9 Å². The lowest BCUT2D eigenvalue weighted by Crippen LogP contribution is -2.37. The number of carboxylic acids is 1. The van der Waals surface area contributed by atoms with Gasteiger partial charge in [0.05, 0.1) is 12.1 Å². The number of fused-ring (bicyclic) bond motifs is 1. The van der Waals surface area contributed by atoms with Crippen LogP contribution < -0.4 is 0 Å². The lowest BCUT2D eigenvalue weighted by atomic mass is 9.78. The molecule has 120 valence electrons. The number of para-hydroxylation sites is 1. The molecule has 0 aliphatic carbocycles. The highest BCUT2D eigenvalue weighted by Gasteiger charge is 2.43. The SMILES string of the molecule is CCCCC(Br)CC(CC(=O)O)C1(O)C=Nc2ccccc21. The molecule has 4 nitrogen and oxygen atoms in total. The maximum absolute atomic E-state index is 11.2. The highest BCUT2D eigenvalue weighted by atomic mass is 79.9. The number of unbranched alkanes of at least 4 members (excludes halogenated alkanes) is 1. The van der Waals surface area contributed by atoms with Crippen molar-refractivity contribution in [1.82, 2.24) is 0 Å². The van der Waals surface area contributed by atoms with Crippen LogP contribution in [0.1, 0.15) is 44.6 Å². The molecule has 2 rings (SSSR count). The molecule has 1 aromatic rings. The molecule has 0 spiro atoms. The summed E-state index contributed by atoms with van der Waals surface area (Å²) in [6.07, 6.45) is 5.18. The van der Waals surface area contributed by atoms with E-state index in [1.54, 1.807) is 0 Å². The van der Waals surface area contributed by atoms with Gasteiger partial charge in [-0.25, -0.2) is 0 Å². The van der Waals surface area contributed by atoms with Crippen LogP contribution in [-0.2, 0) is 10.4 Å². The highest BCUT2D eigenvalue weighted by molar-refractivity contribution is 9.09. The van der Waals surface area contributed by atoms with Crippen LogP contribution >= 0.6 is 15.9 Å². The molecule has 0 bridgehead atoms. The van der Waals surface area contributed by atoms with Gasteiger partial charge < -0.3 is 10.2 Å². The maximum atomic E-state index is 11.2. The number of carbonyl (C=O) groups is 1. The Balaban J connectivity index is 2.22. The molecular weight excluding hydrogens is 346 g/mol. The molecular formula is C17H22BrNO3. The van der Waals surface area contributed by atoms with Gasteiger partial charge >= 0.3 is 5.97 Å². The molecule has 0 aromatic heterocycles. The fourth-order valence-corrected chi connectivity index (χ4v) is 3.74. The lowest BCUT2D eigenvalue weighted by Gasteiger charge is -2.32. The number of carboxylic acid groups (broad SMARTS) is 1. The van der Waals surface area contributed by atoms with Gasteiger partial charge in [0, 0.05) is 22.5 Å². The normalized spacial score (nSPS) is 22.3. The van der Waals surface area contributed by atoms with E-state index in [1.807, 2.05) is 24.3 Å². The summed E-state index contributed by atoms with van der Waals surface area (Å²) in [5.41, 5.74) is 0.129. The third-order valence-corrected chi connectivity index (χ3v) is 5.02. The van der Waals surface area contributed by atoms with E-state index in [0.29, 0.717) is 12.0 Å². The maximum Gasteiger partial charge on any atom is 0.303 e. The molecule has 0 amide bonds. The predicted octanol–water partition coefficient (Wildman–Crippen LogP) is 4.02. The number of aliphatic imine (C=N–C) groups is 1.